The molecule has 1 aliphatic rings. The van der Waals surface area contributed by atoms with Crippen LogP contribution in [-0.2, 0) is 6.54 Å². The largest absolute Gasteiger partial charge is 0.314 e. The van der Waals surface area contributed by atoms with E-state index in [0.29, 0.717) is 6.04 Å². The molecule has 1 saturated heterocycles. The molecule has 84 valence electrons. The van der Waals surface area contributed by atoms with Crippen LogP contribution in [0.4, 0.5) is 0 Å². The summed E-state index contributed by atoms with van der Waals surface area (Å²) < 4.78 is 0. The van der Waals surface area contributed by atoms with Crippen LogP contribution < -0.4 is 5.32 Å². The number of nitrogens with zero attached hydrogens (tertiary/aromatic N) is 1. The summed E-state index contributed by atoms with van der Waals surface area (Å²) in [5.74, 6) is 0. The number of thiophene rings is 1. The van der Waals surface area contributed by atoms with E-state index in [4.69, 9.17) is 0 Å². The Morgan fingerprint density at radius 1 is 1.53 bits per heavy atom. The monoisotopic (exact) mass is 224 g/mol. The minimum atomic E-state index is 0.665. The first kappa shape index (κ1) is 11.1. The molecule has 0 spiro atoms. The summed E-state index contributed by atoms with van der Waals surface area (Å²) in [5.41, 5.74) is 1.52. The van der Waals surface area contributed by atoms with Crippen molar-refractivity contribution in [2.45, 2.75) is 33.4 Å². The number of rotatable bonds is 2. The van der Waals surface area contributed by atoms with E-state index >= 15 is 0 Å². The second-order valence-electron chi connectivity index (χ2n) is 4.46. The van der Waals surface area contributed by atoms with Crippen LogP contribution >= 0.6 is 11.3 Å². The minimum absolute atomic E-state index is 0.665. The third kappa shape index (κ3) is 2.60. The molecular formula is C12H20N2S. The molecule has 0 unspecified atom stereocenters. The van der Waals surface area contributed by atoms with Crippen LogP contribution in [0.3, 0.4) is 0 Å². The van der Waals surface area contributed by atoms with Gasteiger partial charge in [0.15, 0.2) is 0 Å². The van der Waals surface area contributed by atoms with E-state index in [1.165, 1.54) is 21.9 Å². The standard InChI is InChI=1S/C12H20N2S/c1-9-7-13-4-5-14(9)8-12-6-10(2)15-11(12)3/h6,9,13H,4-5,7-8H2,1-3H3/t9-/m0/s1. The van der Waals surface area contributed by atoms with Gasteiger partial charge in [0.1, 0.15) is 0 Å². The van der Waals surface area contributed by atoms with Crippen molar-refractivity contribution in [1.82, 2.24) is 10.2 Å². The zero-order valence-electron chi connectivity index (χ0n) is 9.84. The van der Waals surface area contributed by atoms with Crippen molar-refractivity contribution in [3.63, 3.8) is 0 Å². The highest BCUT2D eigenvalue weighted by Crippen LogP contribution is 2.22. The van der Waals surface area contributed by atoms with Gasteiger partial charge in [0, 0.05) is 42.0 Å². The van der Waals surface area contributed by atoms with Crippen molar-refractivity contribution in [2.24, 2.45) is 0 Å². The van der Waals surface area contributed by atoms with Crippen molar-refractivity contribution in [1.29, 1.82) is 0 Å². The average molecular weight is 224 g/mol. The topological polar surface area (TPSA) is 15.3 Å². The zero-order valence-corrected chi connectivity index (χ0v) is 10.7. The summed E-state index contributed by atoms with van der Waals surface area (Å²) >= 11 is 1.92. The van der Waals surface area contributed by atoms with E-state index < -0.39 is 0 Å². The zero-order chi connectivity index (χ0) is 10.8. The van der Waals surface area contributed by atoms with Crippen LogP contribution in [0, 0.1) is 13.8 Å². The molecule has 0 saturated carbocycles. The predicted octanol–water partition coefficient (Wildman–Crippen LogP) is 2.16. The van der Waals surface area contributed by atoms with Crippen LogP contribution in [0.1, 0.15) is 22.2 Å². The molecule has 0 bridgehead atoms. The van der Waals surface area contributed by atoms with Gasteiger partial charge in [0.2, 0.25) is 0 Å². The van der Waals surface area contributed by atoms with E-state index in [2.05, 4.69) is 37.1 Å². The molecule has 1 aromatic heterocycles. The highest BCUT2D eigenvalue weighted by Gasteiger charge is 2.18. The van der Waals surface area contributed by atoms with Crippen molar-refractivity contribution in [3.05, 3.63) is 21.4 Å². The lowest BCUT2D eigenvalue weighted by atomic mass is 10.1. The van der Waals surface area contributed by atoms with E-state index in [1.807, 2.05) is 11.3 Å². The lowest BCUT2D eigenvalue weighted by molar-refractivity contribution is 0.165. The van der Waals surface area contributed by atoms with Gasteiger partial charge in [0.05, 0.1) is 0 Å². The molecule has 0 radical (unpaired) electrons. The number of nitrogens with one attached hydrogen (secondary N) is 1. The van der Waals surface area contributed by atoms with E-state index in [-0.39, 0.29) is 0 Å². The van der Waals surface area contributed by atoms with Crippen molar-refractivity contribution in [3.8, 4) is 0 Å². The Morgan fingerprint density at radius 3 is 2.93 bits per heavy atom. The molecule has 15 heavy (non-hydrogen) atoms. The quantitative estimate of drug-likeness (QED) is 0.828. The Morgan fingerprint density at radius 2 is 2.33 bits per heavy atom. The maximum absolute atomic E-state index is 3.43. The molecule has 2 rings (SSSR count). The molecule has 0 aromatic carbocycles. The SMILES string of the molecule is Cc1cc(CN2CCNC[C@@H]2C)c(C)s1. The predicted molar refractivity (Wildman–Crippen MR) is 66.5 cm³/mol. The van der Waals surface area contributed by atoms with E-state index in [0.717, 1.165) is 19.6 Å². The molecule has 3 heteroatoms. The number of hydrogen-bond donors (Lipinski definition) is 1. The Labute approximate surface area is 96.3 Å². The fourth-order valence-electron chi connectivity index (χ4n) is 2.18. The van der Waals surface area contributed by atoms with Gasteiger partial charge in [-0.05, 0) is 32.4 Å². The Bertz CT molecular complexity index is 332. The van der Waals surface area contributed by atoms with Gasteiger partial charge in [-0.2, -0.15) is 0 Å². The fraction of sp³-hybridized carbons (Fsp3) is 0.667. The van der Waals surface area contributed by atoms with Crippen LogP contribution in [0.5, 0.6) is 0 Å². The molecule has 1 fully saturated rings. The van der Waals surface area contributed by atoms with E-state index in [9.17, 15) is 0 Å². The van der Waals surface area contributed by atoms with Gasteiger partial charge in [-0.3, -0.25) is 4.90 Å². The first-order valence-electron chi connectivity index (χ1n) is 5.67. The molecule has 1 N–H and O–H groups in total. The lowest BCUT2D eigenvalue weighted by Crippen LogP contribution is -2.49. The van der Waals surface area contributed by atoms with Crippen LogP contribution in [0.2, 0.25) is 0 Å². The second kappa shape index (κ2) is 4.64. The molecule has 0 aliphatic carbocycles. The Hall–Kier alpha value is -0.380. The summed E-state index contributed by atoms with van der Waals surface area (Å²) in [6.07, 6.45) is 0. The molecule has 2 heterocycles. The van der Waals surface area contributed by atoms with Crippen molar-refractivity contribution >= 4 is 11.3 Å². The highest BCUT2D eigenvalue weighted by atomic mass is 32.1. The molecule has 2 nitrogen and oxygen atoms in total. The lowest BCUT2D eigenvalue weighted by Gasteiger charge is -2.33. The normalized spacial score (nSPS) is 23.3. The van der Waals surface area contributed by atoms with Crippen molar-refractivity contribution < 1.29 is 0 Å². The molecule has 1 aliphatic heterocycles. The minimum Gasteiger partial charge on any atom is -0.314 e. The average Bonchev–Trinajstić information content (AvgIpc) is 2.49. The fourth-order valence-corrected chi connectivity index (χ4v) is 3.12. The Kier molecular flexibility index (Phi) is 3.44. The van der Waals surface area contributed by atoms with Gasteiger partial charge >= 0.3 is 0 Å². The smallest absolute Gasteiger partial charge is 0.0248 e. The summed E-state index contributed by atoms with van der Waals surface area (Å²) in [5, 5.41) is 3.43. The second-order valence-corrected chi connectivity index (χ2v) is 5.92. The maximum Gasteiger partial charge on any atom is 0.0248 e. The summed E-state index contributed by atoms with van der Waals surface area (Å²) in [7, 11) is 0. The molecular weight excluding hydrogens is 204 g/mol. The first-order chi connectivity index (χ1) is 7.16. The summed E-state index contributed by atoms with van der Waals surface area (Å²) in [6.45, 7) is 11.3. The van der Waals surface area contributed by atoms with Crippen LogP contribution in [0.15, 0.2) is 6.07 Å². The number of piperazine rings is 1. The summed E-state index contributed by atoms with van der Waals surface area (Å²) in [4.78, 5) is 5.49. The Balaban J connectivity index is 2.04. The number of aryl methyl sites for hydroxylation is 2. The maximum atomic E-state index is 3.43. The molecule has 1 atom stereocenters. The summed E-state index contributed by atoms with van der Waals surface area (Å²) in [6, 6.07) is 3.01. The first-order valence-corrected chi connectivity index (χ1v) is 6.49. The van der Waals surface area contributed by atoms with Gasteiger partial charge in [-0.15, -0.1) is 11.3 Å². The van der Waals surface area contributed by atoms with Gasteiger partial charge in [-0.25, -0.2) is 0 Å². The van der Waals surface area contributed by atoms with Crippen molar-refractivity contribution in [2.75, 3.05) is 19.6 Å². The molecule has 1 aromatic rings. The van der Waals surface area contributed by atoms with Gasteiger partial charge < -0.3 is 5.32 Å². The third-order valence-electron chi connectivity index (χ3n) is 3.16. The van der Waals surface area contributed by atoms with Crippen LogP contribution in [0.25, 0.3) is 0 Å². The highest BCUT2D eigenvalue weighted by molar-refractivity contribution is 7.12. The molecule has 0 amide bonds. The van der Waals surface area contributed by atoms with Crippen LogP contribution in [-0.4, -0.2) is 30.6 Å². The van der Waals surface area contributed by atoms with E-state index in [1.54, 1.807) is 0 Å². The number of hydrogen-bond acceptors (Lipinski definition) is 3. The van der Waals surface area contributed by atoms with Gasteiger partial charge in [0.25, 0.3) is 0 Å². The third-order valence-corrected chi connectivity index (χ3v) is 4.16. The van der Waals surface area contributed by atoms with Gasteiger partial charge in [-0.1, -0.05) is 0 Å².